The largest absolute Gasteiger partial charge is 0.396 e. The minimum Gasteiger partial charge on any atom is -0.396 e. The van der Waals surface area contributed by atoms with Crippen molar-refractivity contribution < 1.29 is 0 Å². The fourth-order valence-corrected chi connectivity index (χ4v) is 1.81. The predicted octanol–water partition coefficient (Wildman–Crippen LogP) is 3.20. The van der Waals surface area contributed by atoms with E-state index in [0.717, 1.165) is 36.0 Å². The number of hydrogen-bond donors (Lipinski definition) is 2. The number of anilines is 2. The maximum absolute atomic E-state index is 5.96. The van der Waals surface area contributed by atoms with Crippen molar-refractivity contribution in [2.24, 2.45) is 0 Å². The first-order valence-corrected chi connectivity index (χ1v) is 5.81. The molecule has 0 amide bonds. The first kappa shape index (κ1) is 11.5. The monoisotopic (exact) mass is 227 g/mol. The Labute approximate surface area is 101 Å². The highest BCUT2D eigenvalue weighted by molar-refractivity contribution is 5.96. The van der Waals surface area contributed by atoms with E-state index in [0.29, 0.717) is 5.69 Å². The van der Waals surface area contributed by atoms with Crippen LogP contribution in [0.5, 0.6) is 0 Å². The van der Waals surface area contributed by atoms with E-state index in [-0.39, 0.29) is 0 Å². The summed E-state index contributed by atoms with van der Waals surface area (Å²) in [6, 6.07) is 8.00. The number of benzene rings is 1. The second-order valence-electron chi connectivity index (χ2n) is 3.96. The van der Waals surface area contributed by atoms with Crippen molar-refractivity contribution in [3.8, 4) is 0 Å². The van der Waals surface area contributed by atoms with Crippen molar-refractivity contribution >= 4 is 22.3 Å². The van der Waals surface area contributed by atoms with Crippen molar-refractivity contribution in [1.29, 1.82) is 0 Å². The molecule has 1 heterocycles. The molecule has 1 aromatic carbocycles. The number of rotatable bonds is 5. The van der Waals surface area contributed by atoms with Crippen LogP contribution in [-0.2, 0) is 0 Å². The highest BCUT2D eigenvalue weighted by Gasteiger charge is 2.04. The van der Waals surface area contributed by atoms with Gasteiger partial charge in [-0.15, -0.1) is 6.58 Å². The summed E-state index contributed by atoms with van der Waals surface area (Å²) < 4.78 is 0. The molecule has 0 bridgehead atoms. The summed E-state index contributed by atoms with van der Waals surface area (Å²) in [5, 5.41) is 4.45. The zero-order chi connectivity index (χ0) is 12.1. The summed E-state index contributed by atoms with van der Waals surface area (Å²) in [6.07, 6.45) is 5.70. The van der Waals surface area contributed by atoms with Crippen LogP contribution in [0.3, 0.4) is 0 Å². The van der Waals surface area contributed by atoms with Crippen LogP contribution in [0.15, 0.2) is 43.1 Å². The third kappa shape index (κ3) is 2.56. The van der Waals surface area contributed by atoms with Crippen LogP contribution >= 0.6 is 0 Å². The summed E-state index contributed by atoms with van der Waals surface area (Å²) in [4.78, 5) is 4.30. The van der Waals surface area contributed by atoms with Gasteiger partial charge in [-0.05, 0) is 18.9 Å². The normalized spacial score (nSPS) is 10.4. The van der Waals surface area contributed by atoms with Gasteiger partial charge < -0.3 is 11.1 Å². The Morgan fingerprint density at radius 2 is 2.18 bits per heavy atom. The van der Waals surface area contributed by atoms with Crippen LogP contribution in [0.25, 0.3) is 10.9 Å². The third-order valence-corrected chi connectivity index (χ3v) is 2.69. The highest BCUT2D eigenvalue weighted by atomic mass is 14.9. The van der Waals surface area contributed by atoms with Gasteiger partial charge in [-0.2, -0.15) is 0 Å². The molecule has 17 heavy (non-hydrogen) atoms. The van der Waals surface area contributed by atoms with Crippen LogP contribution in [0.1, 0.15) is 12.8 Å². The van der Waals surface area contributed by atoms with Crippen molar-refractivity contribution in [1.82, 2.24) is 4.98 Å². The van der Waals surface area contributed by atoms with Gasteiger partial charge in [0, 0.05) is 11.9 Å². The number of nitrogens with zero attached hydrogens (tertiary/aromatic N) is 1. The second kappa shape index (κ2) is 5.34. The fourth-order valence-electron chi connectivity index (χ4n) is 1.81. The van der Waals surface area contributed by atoms with Gasteiger partial charge in [0.05, 0.1) is 23.1 Å². The number of hydrogen-bond acceptors (Lipinski definition) is 3. The molecule has 3 N–H and O–H groups in total. The molecule has 1 aromatic heterocycles. The number of pyridine rings is 1. The molecule has 0 unspecified atom stereocenters. The van der Waals surface area contributed by atoms with E-state index in [2.05, 4.69) is 16.9 Å². The summed E-state index contributed by atoms with van der Waals surface area (Å²) in [7, 11) is 0. The maximum Gasteiger partial charge on any atom is 0.0743 e. The molecule has 3 heteroatoms. The van der Waals surface area contributed by atoms with Gasteiger partial charge in [0.25, 0.3) is 0 Å². The Hall–Kier alpha value is -2.03. The standard InChI is InChI=1S/C14H17N3/c1-2-3-6-9-16-14-11-7-4-5-8-13(11)17-10-12(14)15/h2,4-5,7-8,10H,1,3,6,9,15H2,(H,16,17). The minimum atomic E-state index is 0.697. The Balaban J connectivity index is 2.25. The Morgan fingerprint density at radius 3 is 3.00 bits per heavy atom. The third-order valence-electron chi connectivity index (χ3n) is 2.69. The van der Waals surface area contributed by atoms with Gasteiger partial charge in [-0.25, -0.2) is 0 Å². The summed E-state index contributed by atoms with van der Waals surface area (Å²) in [5.41, 5.74) is 8.60. The smallest absolute Gasteiger partial charge is 0.0743 e. The van der Waals surface area contributed by atoms with E-state index in [1.165, 1.54) is 0 Å². The molecular weight excluding hydrogens is 210 g/mol. The molecular formula is C14H17N3. The van der Waals surface area contributed by atoms with Crippen molar-refractivity contribution in [3.63, 3.8) is 0 Å². The lowest BCUT2D eigenvalue weighted by Crippen LogP contribution is -2.05. The number of nitrogen functional groups attached to an aromatic ring is 1. The first-order chi connectivity index (χ1) is 8.33. The number of unbranched alkanes of at least 4 members (excludes halogenated alkanes) is 1. The molecule has 0 radical (unpaired) electrons. The average molecular weight is 227 g/mol. The van der Waals surface area contributed by atoms with Gasteiger partial charge in [-0.3, -0.25) is 4.98 Å². The van der Waals surface area contributed by atoms with E-state index in [1.54, 1.807) is 6.20 Å². The van der Waals surface area contributed by atoms with Gasteiger partial charge >= 0.3 is 0 Å². The number of nitrogens with one attached hydrogen (secondary N) is 1. The number of para-hydroxylation sites is 1. The van der Waals surface area contributed by atoms with Crippen LogP contribution in [0, 0.1) is 0 Å². The molecule has 0 spiro atoms. The molecule has 0 saturated heterocycles. The number of allylic oxidation sites excluding steroid dienone is 1. The zero-order valence-corrected chi connectivity index (χ0v) is 9.82. The molecule has 0 fully saturated rings. The van der Waals surface area contributed by atoms with E-state index >= 15 is 0 Å². The highest BCUT2D eigenvalue weighted by Crippen LogP contribution is 2.27. The lowest BCUT2D eigenvalue weighted by atomic mass is 10.1. The first-order valence-electron chi connectivity index (χ1n) is 5.81. The van der Waals surface area contributed by atoms with Gasteiger partial charge in [0.1, 0.15) is 0 Å². The van der Waals surface area contributed by atoms with Gasteiger partial charge in [-0.1, -0.05) is 24.3 Å². The topological polar surface area (TPSA) is 50.9 Å². The zero-order valence-electron chi connectivity index (χ0n) is 9.82. The van der Waals surface area contributed by atoms with Gasteiger partial charge in [0.15, 0.2) is 0 Å². The quantitative estimate of drug-likeness (QED) is 0.609. The molecule has 0 aliphatic heterocycles. The Morgan fingerprint density at radius 1 is 1.35 bits per heavy atom. The van der Waals surface area contributed by atoms with Crippen molar-refractivity contribution in [2.75, 3.05) is 17.6 Å². The molecule has 0 aliphatic rings. The van der Waals surface area contributed by atoms with Crippen LogP contribution < -0.4 is 11.1 Å². The Kier molecular flexibility index (Phi) is 3.60. The molecule has 2 aromatic rings. The van der Waals surface area contributed by atoms with Crippen LogP contribution in [0.4, 0.5) is 11.4 Å². The second-order valence-corrected chi connectivity index (χ2v) is 3.96. The van der Waals surface area contributed by atoms with Gasteiger partial charge in [0.2, 0.25) is 0 Å². The SMILES string of the molecule is C=CCCCNc1c(N)cnc2ccccc12. The number of nitrogens with two attached hydrogens (primary N) is 1. The van der Waals surface area contributed by atoms with Crippen LogP contribution in [0.2, 0.25) is 0 Å². The summed E-state index contributed by atoms with van der Waals surface area (Å²) in [5.74, 6) is 0. The van der Waals surface area contributed by atoms with Crippen molar-refractivity contribution in [2.45, 2.75) is 12.8 Å². The number of fused-ring (bicyclic) bond motifs is 1. The number of aromatic nitrogens is 1. The lowest BCUT2D eigenvalue weighted by molar-refractivity contribution is 0.892. The minimum absolute atomic E-state index is 0.697. The fraction of sp³-hybridized carbons (Fsp3) is 0.214. The maximum atomic E-state index is 5.96. The van der Waals surface area contributed by atoms with E-state index in [1.807, 2.05) is 30.3 Å². The summed E-state index contributed by atoms with van der Waals surface area (Å²) in [6.45, 7) is 4.60. The average Bonchev–Trinajstić information content (AvgIpc) is 2.37. The van der Waals surface area contributed by atoms with E-state index in [4.69, 9.17) is 5.73 Å². The Bertz CT molecular complexity index is 520. The molecule has 2 rings (SSSR count). The molecule has 88 valence electrons. The van der Waals surface area contributed by atoms with E-state index < -0.39 is 0 Å². The molecule has 0 atom stereocenters. The molecule has 3 nitrogen and oxygen atoms in total. The van der Waals surface area contributed by atoms with E-state index in [9.17, 15) is 0 Å². The summed E-state index contributed by atoms with van der Waals surface area (Å²) >= 11 is 0. The van der Waals surface area contributed by atoms with Crippen molar-refractivity contribution in [3.05, 3.63) is 43.1 Å². The predicted molar refractivity (Wildman–Crippen MR) is 74.1 cm³/mol. The molecule has 0 aliphatic carbocycles. The lowest BCUT2D eigenvalue weighted by Gasteiger charge is -2.11. The van der Waals surface area contributed by atoms with Crippen LogP contribution in [-0.4, -0.2) is 11.5 Å². The molecule has 0 saturated carbocycles.